The molecule has 0 radical (unpaired) electrons. The third-order valence-electron chi connectivity index (χ3n) is 6.36. The molecule has 0 spiro atoms. The van der Waals surface area contributed by atoms with E-state index in [2.05, 4.69) is 67.6 Å². The van der Waals surface area contributed by atoms with Crippen LogP contribution in [-0.2, 0) is 13.1 Å². The van der Waals surface area contributed by atoms with Gasteiger partial charge in [0, 0.05) is 32.3 Å². The molecule has 1 fully saturated rings. The Labute approximate surface area is 201 Å². The summed E-state index contributed by atoms with van der Waals surface area (Å²) in [5.41, 5.74) is 2.83. The summed E-state index contributed by atoms with van der Waals surface area (Å²) in [4.78, 5) is 7.24. The van der Waals surface area contributed by atoms with Crippen molar-refractivity contribution in [2.75, 3.05) is 26.7 Å². The van der Waals surface area contributed by atoms with Crippen LogP contribution in [0.3, 0.4) is 0 Å². The Morgan fingerprint density at radius 3 is 2.40 bits per heavy atom. The number of nitrogens with one attached hydrogen (secondary N) is 2. The molecular formula is C24H43IN4O. The largest absolute Gasteiger partial charge is 0.396 e. The van der Waals surface area contributed by atoms with Crippen molar-refractivity contribution in [2.24, 2.45) is 10.4 Å². The summed E-state index contributed by atoms with van der Waals surface area (Å²) in [5.74, 6) is 0.877. The monoisotopic (exact) mass is 530 g/mol. The highest BCUT2D eigenvalue weighted by Gasteiger charge is 2.31. The molecule has 0 unspecified atom stereocenters. The van der Waals surface area contributed by atoms with Gasteiger partial charge in [-0.15, -0.1) is 24.0 Å². The lowest BCUT2D eigenvalue weighted by molar-refractivity contribution is 0.131. The Bertz CT molecular complexity index is 624. The average molecular weight is 531 g/mol. The van der Waals surface area contributed by atoms with Crippen molar-refractivity contribution >= 4 is 29.9 Å². The van der Waals surface area contributed by atoms with Crippen LogP contribution in [0.1, 0.15) is 70.4 Å². The number of rotatable bonds is 10. The second-order valence-corrected chi connectivity index (χ2v) is 8.86. The zero-order valence-electron chi connectivity index (χ0n) is 19.4. The van der Waals surface area contributed by atoms with Crippen molar-refractivity contribution in [3.8, 4) is 0 Å². The fraction of sp³-hybridized carbons (Fsp3) is 0.708. The maximum Gasteiger partial charge on any atom is 0.191 e. The predicted molar refractivity (Wildman–Crippen MR) is 138 cm³/mol. The molecule has 172 valence electrons. The first-order chi connectivity index (χ1) is 14.0. The Morgan fingerprint density at radius 2 is 1.80 bits per heavy atom. The molecule has 5 nitrogen and oxygen atoms in total. The topological polar surface area (TPSA) is 59.9 Å². The van der Waals surface area contributed by atoms with Crippen LogP contribution in [0.25, 0.3) is 0 Å². The first-order valence-electron chi connectivity index (χ1n) is 11.4. The molecule has 0 amide bonds. The van der Waals surface area contributed by atoms with Gasteiger partial charge in [-0.25, -0.2) is 4.99 Å². The summed E-state index contributed by atoms with van der Waals surface area (Å²) in [5, 5.41) is 16.5. The van der Waals surface area contributed by atoms with E-state index in [1.54, 1.807) is 0 Å². The number of aliphatic hydroxyl groups is 1. The highest BCUT2D eigenvalue weighted by atomic mass is 127. The maximum absolute atomic E-state index is 9.57. The number of aliphatic imine (C=N–C) groups is 1. The average Bonchev–Trinajstić information content (AvgIpc) is 2.72. The van der Waals surface area contributed by atoms with Crippen molar-refractivity contribution in [2.45, 2.75) is 78.4 Å². The van der Waals surface area contributed by atoms with Crippen LogP contribution in [0.5, 0.6) is 0 Å². The summed E-state index contributed by atoms with van der Waals surface area (Å²) in [6.07, 6.45) is 7.14. The minimum absolute atomic E-state index is 0. The minimum Gasteiger partial charge on any atom is -0.396 e. The van der Waals surface area contributed by atoms with Gasteiger partial charge >= 0.3 is 0 Å². The first-order valence-corrected chi connectivity index (χ1v) is 11.4. The van der Waals surface area contributed by atoms with E-state index in [4.69, 9.17) is 4.99 Å². The normalized spacial score (nSPS) is 16.4. The molecule has 1 saturated carbocycles. The molecule has 2 rings (SSSR count). The standard InChI is InChI=1S/C24H42N4O.HI/c1-5-25-23(27-19-24(15-16-29)13-9-6-10-14-24)26-17-21-11-7-8-12-22(21)18-28(4)20(2)3;/h7-8,11-12,20,29H,5-6,9-10,13-19H2,1-4H3,(H2,25,26,27);1H. The van der Waals surface area contributed by atoms with E-state index in [1.807, 2.05) is 0 Å². The van der Waals surface area contributed by atoms with Gasteiger partial charge in [-0.05, 0) is 63.6 Å². The van der Waals surface area contributed by atoms with Crippen molar-refractivity contribution in [1.29, 1.82) is 0 Å². The van der Waals surface area contributed by atoms with Gasteiger partial charge in [0.05, 0.1) is 6.54 Å². The van der Waals surface area contributed by atoms with Crippen molar-refractivity contribution in [3.63, 3.8) is 0 Å². The lowest BCUT2D eigenvalue weighted by Crippen LogP contribution is -2.45. The van der Waals surface area contributed by atoms with Gasteiger partial charge < -0.3 is 15.7 Å². The number of aliphatic hydroxyl groups excluding tert-OH is 1. The van der Waals surface area contributed by atoms with Gasteiger partial charge in [0.2, 0.25) is 0 Å². The van der Waals surface area contributed by atoms with Crippen LogP contribution in [0.4, 0.5) is 0 Å². The van der Waals surface area contributed by atoms with Crippen LogP contribution in [0.15, 0.2) is 29.3 Å². The SMILES string of the molecule is CCNC(=NCc1ccccc1CN(C)C(C)C)NCC1(CCO)CCCCC1.I. The lowest BCUT2D eigenvalue weighted by Gasteiger charge is -2.37. The molecule has 30 heavy (non-hydrogen) atoms. The molecule has 0 bridgehead atoms. The fourth-order valence-corrected chi connectivity index (χ4v) is 4.15. The highest BCUT2D eigenvalue weighted by molar-refractivity contribution is 14.0. The molecule has 0 atom stereocenters. The maximum atomic E-state index is 9.57. The molecule has 1 aliphatic carbocycles. The number of guanidine groups is 1. The number of halogens is 1. The smallest absolute Gasteiger partial charge is 0.191 e. The number of hydrogen-bond acceptors (Lipinski definition) is 3. The molecule has 0 heterocycles. The Kier molecular flexibility index (Phi) is 12.9. The summed E-state index contributed by atoms with van der Waals surface area (Å²) in [6.45, 7) is 10.2. The van der Waals surface area contributed by atoms with Gasteiger partial charge in [0.15, 0.2) is 5.96 Å². The summed E-state index contributed by atoms with van der Waals surface area (Å²) in [6, 6.07) is 9.13. The third kappa shape index (κ3) is 8.71. The number of hydrogen-bond donors (Lipinski definition) is 3. The van der Waals surface area contributed by atoms with E-state index in [9.17, 15) is 5.11 Å². The Morgan fingerprint density at radius 1 is 1.13 bits per heavy atom. The van der Waals surface area contributed by atoms with E-state index in [0.29, 0.717) is 12.6 Å². The van der Waals surface area contributed by atoms with Gasteiger partial charge in [-0.3, -0.25) is 4.90 Å². The summed E-state index contributed by atoms with van der Waals surface area (Å²) < 4.78 is 0. The molecule has 0 aliphatic heterocycles. The van der Waals surface area contributed by atoms with E-state index in [1.165, 1.54) is 43.2 Å². The van der Waals surface area contributed by atoms with E-state index in [0.717, 1.165) is 32.0 Å². The summed E-state index contributed by atoms with van der Waals surface area (Å²) >= 11 is 0. The Hall–Kier alpha value is -0.860. The quantitative estimate of drug-likeness (QED) is 0.236. The van der Waals surface area contributed by atoms with Gasteiger partial charge in [0.1, 0.15) is 0 Å². The number of benzene rings is 1. The lowest BCUT2D eigenvalue weighted by atomic mass is 9.72. The first kappa shape index (κ1) is 27.2. The fourth-order valence-electron chi connectivity index (χ4n) is 4.15. The molecule has 6 heteroatoms. The van der Waals surface area contributed by atoms with Crippen molar-refractivity contribution in [3.05, 3.63) is 35.4 Å². The summed E-state index contributed by atoms with van der Waals surface area (Å²) in [7, 11) is 2.17. The van der Waals surface area contributed by atoms with Crippen molar-refractivity contribution < 1.29 is 5.11 Å². The molecule has 1 aliphatic rings. The highest BCUT2D eigenvalue weighted by Crippen LogP contribution is 2.38. The second kappa shape index (κ2) is 14.2. The van der Waals surface area contributed by atoms with E-state index in [-0.39, 0.29) is 36.0 Å². The second-order valence-electron chi connectivity index (χ2n) is 8.86. The molecule has 0 aromatic heterocycles. The van der Waals surface area contributed by atoms with Crippen LogP contribution in [-0.4, -0.2) is 48.8 Å². The van der Waals surface area contributed by atoms with Crippen LogP contribution < -0.4 is 10.6 Å². The molecular weight excluding hydrogens is 487 g/mol. The zero-order chi connectivity index (χ0) is 21.1. The zero-order valence-corrected chi connectivity index (χ0v) is 21.7. The van der Waals surface area contributed by atoms with Gasteiger partial charge in [0.25, 0.3) is 0 Å². The predicted octanol–water partition coefficient (Wildman–Crippen LogP) is 4.53. The van der Waals surface area contributed by atoms with Crippen LogP contribution in [0.2, 0.25) is 0 Å². The van der Waals surface area contributed by atoms with E-state index < -0.39 is 0 Å². The molecule has 0 saturated heterocycles. The number of nitrogens with zero attached hydrogens (tertiary/aromatic N) is 2. The molecule has 1 aromatic carbocycles. The van der Waals surface area contributed by atoms with Crippen LogP contribution in [0, 0.1) is 5.41 Å². The van der Waals surface area contributed by atoms with Gasteiger partial charge in [-0.1, -0.05) is 43.5 Å². The van der Waals surface area contributed by atoms with E-state index >= 15 is 0 Å². The minimum atomic E-state index is 0. The van der Waals surface area contributed by atoms with Gasteiger partial charge in [-0.2, -0.15) is 0 Å². The molecule has 1 aromatic rings. The van der Waals surface area contributed by atoms with Crippen LogP contribution >= 0.6 is 24.0 Å². The third-order valence-corrected chi connectivity index (χ3v) is 6.36. The molecule has 3 N–H and O–H groups in total. The van der Waals surface area contributed by atoms with Crippen molar-refractivity contribution in [1.82, 2.24) is 15.5 Å². The Balaban J connectivity index is 0.00000450.